The number of likely N-dealkylation sites (tertiary alicyclic amines) is 1. The highest BCUT2D eigenvalue weighted by Gasteiger charge is 2.54. The van der Waals surface area contributed by atoms with Gasteiger partial charge in [-0.15, -0.1) is 0 Å². The maximum atomic E-state index is 12.7. The molecule has 1 amide bonds. The molecule has 2 saturated heterocycles. The van der Waals surface area contributed by atoms with Crippen molar-refractivity contribution in [2.75, 3.05) is 13.2 Å². The van der Waals surface area contributed by atoms with Crippen LogP contribution in [0.2, 0.25) is 5.02 Å². The molecule has 2 heterocycles. The molecular weight excluding hydrogens is 314 g/mol. The molecule has 3 atom stereocenters. The Bertz CT molecular complexity index is 651. The van der Waals surface area contributed by atoms with Crippen molar-refractivity contribution in [2.24, 2.45) is 11.1 Å². The van der Waals surface area contributed by atoms with Gasteiger partial charge in [-0.2, -0.15) is 5.26 Å². The number of benzene rings is 1. The van der Waals surface area contributed by atoms with Gasteiger partial charge in [0.2, 0.25) is 5.91 Å². The number of carbonyl (C=O) groups excluding carboxylic acids is 1. The summed E-state index contributed by atoms with van der Waals surface area (Å²) in [6.07, 6.45) is 1.57. The Morgan fingerprint density at radius 3 is 2.78 bits per heavy atom. The van der Waals surface area contributed by atoms with Crippen LogP contribution in [0.15, 0.2) is 24.3 Å². The van der Waals surface area contributed by atoms with Crippen LogP contribution in [0.25, 0.3) is 0 Å². The van der Waals surface area contributed by atoms with Gasteiger partial charge in [0.25, 0.3) is 0 Å². The summed E-state index contributed by atoms with van der Waals surface area (Å²) in [4.78, 5) is 14.6. The molecule has 0 bridgehead atoms. The molecule has 3 rings (SSSR count). The highest BCUT2D eigenvalue weighted by atomic mass is 35.5. The fourth-order valence-corrected chi connectivity index (χ4v) is 3.79. The number of nitriles is 1. The fourth-order valence-electron chi connectivity index (χ4n) is 3.59. The summed E-state index contributed by atoms with van der Waals surface area (Å²) >= 11 is 6.10. The summed E-state index contributed by atoms with van der Waals surface area (Å²) in [5.41, 5.74) is 6.24. The predicted octanol–water partition coefficient (Wildman–Crippen LogP) is 2.26. The Hall–Kier alpha value is -1.61. The molecule has 6 heteroatoms. The summed E-state index contributed by atoms with van der Waals surface area (Å²) in [6.45, 7) is 2.43. The molecule has 0 aromatic heterocycles. The second-order valence-electron chi connectivity index (χ2n) is 6.46. The lowest BCUT2D eigenvalue weighted by Gasteiger charge is -2.45. The average Bonchev–Trinajstić information content (AvgIpc) is 2.91. The first-order valence-electron chi connectivity index (χ1n) is 7.81. The standard InChI is InChI=1S/C17H20ClN3O2/c1-11(20)16(22)21-14(12-3-2-4-13(18)7-12)5-6-15(21)17(8-19)9-23-10-17/h2-4,7,11,14-15H,5-6,9-10,20H2,1H3/t11?,14-,15+/m0/s1. The molecule has 2 aliphatic rings. The second kappa shape index (κ2) is 6.12. The summed E-state index contributed by atoms with van der Waals surface area (Å²) < 4.78 is 5.28. The third-order valence-electron chi connectivity index (χ3n) is 4.84. The molecule has 122 valence electrons. The van der Waals surface area contributed by atoms with E-state index in [0.717, 1.165) is 18.4 Å². The van der Waals surface area contributed by atoms with E-state index < -0.39 is 11.5 Å². The molecule has 1 aromatic carbocycles. The monoisotopic (exact) mass is 333 g/mol. The third-order valence-corrected chi connectivity index (χ3v) is 5.08. The first kappa shape index (κ1) is 16.3. The molecule has 0 radical (unpaired) electrons. The molecular formula is C17H20ClN3O2. The number of amides is 1. The number of ether oxygens (including phenoxy) is 1. The van der Waals surface area contributed by atoms with Gasteiger partial charge in [-0.3, -0.25) is 4.79 Å². The van der Waals surface area contributed by atoms with Gasteiger partial charge in [-0.1, -0.05) is 23.7 Å². The van der Waals surface area contributed by atoms with Gasteiger partial charge < -0.3 is 15.4 Å². The molecule has 2 N–H and O–H groups in total. The molecule has 0 aliphatic carbocycles. The number of rotatable bonds is 3. The van der Waals surface area contributed by atoms with E-state index in [2.05, 4.69) is 6.07 Å². The predicted molar refractivity (Wildman–Crippen MR) is 86.6 cm³/mol. The van der Waals surface area contributed by atoms with Crippen molar-refractivity contribution in [1.29, 1.82) is 5.26 Å². The van der Waals surface area contributed by atoms with E-state index in [9.17, 15) is 10.1 Å². The number of nitrogens with zero attached hydrogens (tertiary/aromatic N) is 2. The van der Waals surface area contributed by atoms with E-state index in [1.807, 2.05) is 29.2 Å². The largest absolute Gasteiger partial charge is 0.378 e. The van der Waals surface area contributed by atoms with E-state index in [1.54, 1.807) is 6.92 Å². The zero-order valence-electron chi connectivity index (χ0n) is 13.0. The van der Waals surface area contributed by atoms with E-state index in [4.69, 9.17) is 22.1 Å². The number of carbonyl (C=O) groups is 1. The SMILES string of the molecule is CC(N)C(=O)N1[C@H](c2cccc(Cl)c2)CC[C@@H]1C1(C#N)COC1. The summed E-state index contributed by atoms with van der Waals surface area (Å²) in [5, 5.41) is 10.3. The van der Waals surface area contributed by atoms with Crippen molar-refractivity contribution < 1.29 is 9.53 Å². The highest BCUT2D eigenvalue weighted by Crippen LogP contribution is 2.46. The fraction of sp³-hybridized carbons (Fsp3) is 0.529. The average molecular weight is 334 g/mol. The Balaban J connectivity index is 1.97. The van der Waals surface area contributed by atoms with Gasteiger partial charge in [0.05, 0.1) is 37.4 Å². The van der Waals surface area contributed by atoms with Crippen LogP contribution in [-0.4, -0.2) is 36.1 Å². The molecule has 0 saturated carbocycles. The lowest BCUT2D eigenvalue weighted by Crippen LogP contribution is -2.58. The molecule has 23 heavy (non-hydrogen) atoms. The minimum atomic E-state index is -0.613. The summed E-state index contributed by atoms with van der Waals surface area (Å²) in [6, 6.07) is 9.06. The van der Waals surface area contributed by atoms with Crippen LogP contribution in [-0.2, 0) is 9.53 Å². The first-order valence-corrected chi connectivity index (χ1v) is 8.18. The number of halogens is 1. The molecule has 1 unspecified atom stereocenters. The van der Waals surface area contributed by atoms with Crippen LogP contribution < -0.4 is 5.73 Å². The van der Waals surface area contributed by atoms with Crippen LogP contribution in [0.3, 0.4) is 0 Å². The van der Waals surface area contributed by atoms with E-state index in [0.29, 0.717) is 18.2 Å². The van der Waals surface area contributed by atoms with Gasteiger partial charge in [0.15, 0.2) is 0 Å². The highest BCUT2D eigenvalue weighted by molar-refractivity contribution is 6.30. The van der Waals surface area contributed by atoms with Crippen LogP contribution in [0.5, 0.6) is 0 Å². The van der Waals surface area contributed by atoms with Gasteiger partial charge in [0, 0.05) is 5.02 Å². The molecule has 0 spiro atoms. The molecule has 2 fully saturated rings. The first-order chi connectivity index (χ1) is 11.0. The maximum Gasteiger partial charge on any atom is 0.240 e. The van der Waals surface area contributed by atoms with Crippen LogP contribution in [0.4, 0.5) is 0 Å². The van der Waals surface area contributed by atoms with Crippen molar-refractivity contribution in [3.05, 3.63) is 34.9 Å². The van der Waals surface area contributed by atoms with E-state index >= 15 is 0 Å². The van der Waals surface area contributed by atoms with Gasteiger partial charge in [0.1, 0.15) is 5.41 Å². The van der Waals surface area contributed by atoms with Gasteiger partial charge >= 0.3 is 0 Å². The number of nitrogens with two attached hydrogens (primary N) is 1. The van der Waals surface area contributed by atoms with Crippen molar-refractivity contribution in [2.45, 2.75) is 37.9 Å². The topological polar surface area (TPSA) is 79.4 Å². The lowest BCUT2D eigenvalue weighted by atomic mass is 9.78. The van der Waals surface area contributed by atoms with Crippen molar-refractivity contribution >= 4 is 17.5 Å². The Morgan fingerprint density at radius 1 is 1.52 bits per heavy atom. The van der Waals surface area contributed by atoms with Crippen molar-refractivity contribution in [3.8, 4) is 6.07 Å². The number of hydrogen-bond donors (Lipinski definition) is 1. The van der Waals surface area contributed by atoms with Crippen molar-refractivity contribution in [1.82, 2.24) is 4.90 Å². The van der Waals surface area contributed by atoms with E-state index in [-0.39, 0.29) is 18.0 Å². The van der Waals surface area contributed by atoms with Crippen LogP contribution >= 0.6 is 11.6 Å². The molecule has 1 aromatic rings. The van der Waals surface area contributed by atoms with Gasteiger partial charge in [-0.05, 0) is 37.5 Å². The Labute approximate surface area is 141 Å². The van der Waals surface area contributed by atoms with Crippen LogP contribution in [0.1, 0.15) is 31.4 Å². The third kappa shape index (κ3) is 2.72. The Morgan fingerprint density at radius 2 is 2.26 bits per heavy atom. The lowest BCUT2D eigenvalue weighted by molar-refractivity contribution is -0.150. The minimum Gasteiger partial charge on any atom is -0.378 e. The smallest absolute Gasteiger partial charge is 0.240 e. The molecule has 2 aliphatic heterocycles. The molecule has 5 nitrogen and oxygen atoms in total. The van der Waals surface area contributed by atoms with Crippen LogP contribution in [0, 0.1) is 16.7 Å². The Kier molecular flexibility index (Phi) is 4.33. The zero-order valence-corrected chi connectivity index (χ0v) is 13.8. The van der Waals surface area contributed by atoms with E-state index in [1.165, 1.54) is 0 Å². The quantitative estimate of drug-likeness (QED) is 0.920. The minimum absolute atomic E-state index is 0.0944. The maximum absolute atomic E-state index is 12.7. The zero-order chi connectivity index (χ0) is 16.6. The number of hydrogen-bond acceptors (Lipinski definition) is 4. The van der Waals surface area contributed by atoms with Gasteiger partial charge in [-0.25, -0.2) is 0 Å². The normalized spacial score (nSPS) is 27.1. The summed E-state index contributed by atoms with van der Waals surface area (Å²) in [7, 11) is 0. The van der Waals surface area contributed by atoms with Crippen molar-refractivity contribution in [3.63, 3.8) is 0 Å². The summed E-state index contributed by atoms with van der Waals surface area (Å²) in [5.74, 6) is -0.126. The second-order valence-corrected chi connectivity index (χ2v) is 6.90.